The van der Waals surface area contributed by atoms with Crippen LogP contribution in [-0.4, -0.2) is 43.9 Å². The molecule has 0 saturated carbocycles. The number of hydrogen-bond donors (Lipinski definition) is 2. The van der Waals surface area contributed by atoms with Crippen LogP contribution in [-0.2, 0) is 10.2 Å². The lowest BCUT2D eigenvalue weighted by molar-refractivity contribution is 0.327. The van der Waals surface area contributed by atoms with Crippen molar-refractivity contribution in [3.63, 3.8) is 0 Å². The first-order valence-electron chi connectivity index (χ1n) is 5.46. The molecule has 2 heterocycles. The molecule has 0 amide bonds. The van der Waals surface area contributed by atoms with Gasteiger partial charge in [-0.05, 0) is 12.8 Å². The van der Waals surface area contributed by atoms with E-state index in [1.165, 1.54) is 11.4 Å². The summed E-state index contributed by atoms with van der Waals surface area (Å²) in [6.45, 7) is 1.10. The second-order valence-electron chi connectivity index (χ2n) is 3.86. The van der Waals surface area contributed by atoms with Crippen LogP contribution in [0.25, 0.3) is 0 Å². The van der Waals surface area contributed by atoms with Gasteiger partial charge in [0.25, 0.3) is 10.2 Å². The van der Waals surface area contributed by atoms with Crippen LogP contribution in [0.15, 0.2) is 11.6 Å². The summed E-state index contributed by atoms with van der Waals surface area (Å²) in [6, 6.07) is 0.310. The Bertz CT molecular complexity index is 438. The molecule has 0 radical (unpaired) electrons. The third-order valence-electron chi connectivity index (χ3n) is 2.81. The lowest BCUT2D eigenvalue weighted by atomic mass is 10.1. The standard InChI is InChI=1S/C9H16N4O2S2/c1-10-17(14,15)13-5-2-8(3-6-13)12-9-11-4-7-16-9/h4,7-8,10H,2-3,5-6H2,1H3,(H,11,12). The van der Waals surface area contributed by atoms with Crippen molar-refractivity contribution >= 4 is 26.7 Å². The van der Waals surface area contributed by atoms with Crippen molar-refractivity contribution in [3.05, 3.63) is 11.6 Å². The van der Waals surface area contributed by atoms with Gasteiger partial charge in [-0.3, -0.25) is 0 Å². The summed E-state index contributed by atoms with van der Waals surface area (Å²) < 4.78 is 26.9. The summed E-state index contributed by atoms with van der Waals surface area (Å²) >= 11 is 1.56. The molecule has 1 aromatic heterocycles. The Hall–Kier alpha value is -0.700. The largest absolute Gasteiger partial charge is 0.359 e. The molecular weight excluding hydrogens is 260 g/mol. The zero-order chi connectivity index (χ0) is 12.3. The van der Waals surface area contributed by atoms with Crippen molar-refractivity contribution in [1.29, 1.82) is 0 Å². The number of rotatable bonds is 4. The zero-order valence-electron chi connectivity index (χ0n) is 9.59. The molecule has 0 aliphatic carbocycles. The minimum atomic E-state index is -3.26. The highest BCUT2D eigenvalue weighted by Crippen LogP contribution is 2.19. The van der Waals surface area contributed by atoms with E-state index >= 15 is 0 Å². The minimum absolute atomic E-state index is 0.310. The molecule has 2 N–H and O–H groups in total. The van der Waals surface area contributed by atoms with Crippen molar-refractivity contribution in [2.75, 3.05) is 25.5 Å². The number of thiazole rings is 1. The monoisotopic (exact) mass is 276 g/mol. The predicted octanol–water partition coefficient (Wildman–Crippen LogP) is 0.484. The Morgan fingerprint density at radius 2 is 2.18 bits per heavy atom. The number of piperidine rings is 1. The van der Waals surface area contributed by atoms with Crippen LogP contribution in [0.5, 0.6) is 0 Å². The summed E-state index contributed by atoms with van der Waals surface area (Å²) in [5.41, 5.74) is 0. The molecule has 17 heavy (non-hydrogen) atoms. The molecule has 1 aliphatic heterocycles. The second kappa shape index (κ2) is 5.30. The van der Waals surface area contributed by atoms with Crippen molar-refractivity contribution in [1.82, 2.24) is 14.0 Å². The molecule has 96 valence electrons. The van der Waals surface area contributed by atoms with Crippen LogP contribution in [0.4, 0.5) is 5.13 Å². The number of hydrogen-bond acceptors (Lipinski definition) is 5. The van der Waals surface area contributed by atoms with Gasteiger partial charge >= 0.3 is 0 Å². The molecule has 0 atom stereocenters. The highest BCUT2D eigenvalue weighted by molar-refractivity contribution is 7.87. The molecule has 0 unspecified atom stereocenters. The van der Waals surface area contributed by atoms with Gasteiger partial charge in [0.05, 0.1) is 0 Å². The second-order valence-corrected chi connectivity index (χ2v) is 6.63. The topological polar surface area (TPSA) is 74.3 Å². The Labute approximate surface area is 105 Å². The fourth-order valence-corrected chi connectivity index (χ4v) is 3.40. The highest BCUT2D eigenvalue weighted by atomic mass is 32.2. The molecule has 0 aromatic carbocycles. The zero-order valence-corrected chi connectivity index (χ0v) is 11.2. The first-order chi connectivity index (χ1) is 8.12. The fourth-order valence-electron chi connectivity index (χ4n) is 1.84. The maximum Gasteiger partial charge on any atom is 0.279 e. The smallest absolute Gasteiger partial charge is 0.279 e. The van der Waals surface area contributed by atoms with Crippen LogP contribution < -0.4 is 10.0 Å². The normalized spacial score (nSPS) is 19.4. The number of nitrogens with one attached hydrogen (secondary N) is 2. The molecule has 1 fully saturated rings. The van der Waals surface area contributed by atoms with E-state index in [4.69, 9.17) is 0 Å². The van der Waals surface area contributed by atoms with Crippen molar-refractivity contribution in [3.8, 4) is 0 Å². The molecule has 8 heteroatoms. The van der Waals surface area contributed by atoms with E-state index in [0.29, 0.717) is 19.1 Å². The summed E-state index contributed by atoms with van der Waals surface area (Å²) in [4.78, 5) is 4.16. The molecular formula is C9H16N4O2S2. The Kier molecular flexibility index (Phi) is 3.97. The van der Waals surface area contributed by atoms with Crippen molar-refractivity contribution in [2.24, 2.45) is 0 Å². The molecule has 1 saturated heterocycles. The van der Waals surface area contributed by atoms with Crippen LogP contribution >= 0.6 is 11.3 Å². The Morgan fingerprint density at radius 1 is 1.47 bits per heavy atom. The maximum atomic E-state index is 11.6. The lowest BCUT2D eigenvalue weighted by Gasteiger charge is -2.31. The Balaban J connectivity index is 1.86. The SMILES string of the molecule is CNS(=O)(=O)N1CCC(Nc2nccs2)CC1. The molecule has 2 rings (SSSR count). The Morgan fingerprint density at radius 3 is 2.71 bits per heavy atom. The van der Waals surface area contributed by atoms with Gasteiger partial charge in [0.1, 0.15) is 0 Å². The van der Waals surface area contributed by atoms with E-state index in [-0.39, 0.29) is 0 Å². The van der Waals surface area contributed by atoms with Gasteiger partial charge in [-0.25, -0.2) is 9.71 Å². The lowest BCUT2D eigenvalue weighted by Crippen LogP contribution is -2.46. The van der Waals surface area contributed by atoms with E-state index < -0.39 is 10.2 Å². The third-order valence-corrected chi connectivity index (χ3v) is 5.08. The number of anilines is 1. The van der Waals surface area contributed by atoms with E-state index in [0.717, 1.165) is 18.0 Å². The van der Waals surface area contributed by atoms with E-state index in [2.05, 4.69) is 15.0 Å². The predicted molar refractivity (Wildman–Crippen MR) is 68.3 cm³/mol. The van der Waals surface area contributed by atoms with Gasteiger partial charge in [-0.15, -0.1) is 11.3 Å². The quantitative estimate of drug-likeness (QED) is 0.839. The van der Waals surface area contributed by atoms with Gasteiger partial charge in [-0.2, -0.15) is 12.7 Å². The highest BCUT2D eigenvalue weighted by Gasteiger charge is 2.26. The van der Waals surface area contributed by atoms with Crippen LogP contribution in [0.2, 0.25) is 0 Å². The van der Waals surface area contributed by atoms with Crippen LogP contribution in [0.1, 0.15) is 12.8 Å². The van der Waals surface area contributed by atoms with Crippen molar-refractivity contribution < 1.29 is 8.42 Å². The van der Waals surface area contributed by atoms with Gasteiger partial charge in [-0.1, -0.05) is 0 Å². The maximum absolute atomic E-state index is 11.6. The van der Waals surface area contributed by atoms with Crippen LogP contribution in [0.3, 0.4) is 0 Å². The molecule has 1 aromatic rings. The van der Waals surface area contributed by atoms with Crippen molar-refractivity contribution in [2.45, 2.75) is 18.9 Å². The minimum Gasteiger partial charge on any atom is -0.359 e. The first-order valence-corrected chi connectivity index (χ1v) is 7.78. The number of nitrogens with zero attached hydrogens (tertiary/aromatic N) is 2. The summed E-state index contributed by atoms with van der Waals surface area (Å²) in [6.07, 6.45) is 3.37. The molecule has 0 spiro atoms. The third kappa shape index (κ3) is 3.15. The molecule has 1 aliphatic rings. The molecule has 0 bridgehead atoms. The summed E-state index contributed by atoms with van der Waals surface area (Å²) in [5, 5.41) is 6.14. The first kappa shape index (κ1) is 12.7. The molecule has 6 nitrogen and oxygen atoms in total. The average molecular weight is 276 g/mol. The average Bonchev–Trinajstić information content (AvgIpc) is 2.83. The van der Waals surface area contributed by atoms with E-state index in [1.54, 1.807) is 17.5 Å². The summed E-state index contributed by atoms with van der Waals surface area (Å²) in [7, 11) is -1.82. The number of aromatic nitrogens is 1. The van der Waals surface area contributed by atoms with Gasteiger partial charge in [0.15, 0.2) is 5.13 Å². The fraction of sp³-hybridized carbons (Fsp3) is 0.667. The van der Waals surface area contributed by atoms with Gasteiger partial charge in [0.2, 0.25) is 0 Å². The van der Waals surface area contributed by atoms with E-state index in [1.807, 2.05) is 5.38 Å². The van der Waals surface area contributed by atoms with Crippen LogP contribution in [0, 0.1) is 0 Å². The summed E-state index contributed by atoms with van der Waals surface area (Å²) in [5.74, 6) is 0. The van der Waals surface area contributed by atoms with Gasteiger partial charge < -0.3 is 5.32 Å². The van der Waals surface area contributed by atoms with Gasteiger partial charge in [0, 0.05) is 37.8 Å². The van der Waals surface area contributed by atoms with E-state index in [9.17, 15) is 8.42 Å².